The van der Waals surface area contributed by atoms with Gasteiger partial charge in [0.25, 0.3) is 5.91 Å². The second kappa shape index (κ2) is 11.9. The number of furan rings is 1. The van der Waals surface area contributed by atoms with Crippen LogP contribution < -0.4 is 24.8 Å². The maximum absolute atomic E-state index is 12.8. The molecule has 2 N–H and O–H groups in total. The molecule has 1 aliphatic heterocycles. The van der Waals surface area contributed by atoms with E-state index in [0.29, 0.717) is 34.3 Å². The molecule has 1 saturated heterocycles. The molecule has 4 rings (SSSR count). The topological polar surface area (TPSA) is 146 Å². The van der Waals surface area contributed by atoms with E-state index in [4.69, 9.17) is 18.6 Å². The van der Waals surface area contributed by atoms with Crippen molar-refractivity contribution >= 4 is 35.6 Å². The van der Waals surface area contributed by atoms with Crippen LogP contribution in [-0.2, 0) is 20.9 Å². The lowest BCUT2D eigenvalue weighted by Crippen LogP contribution is -2.38. The monoisotopic (exact) mass is 535 g/mol. The molecular formula is C27H25N3O9. The Morgan fingerprint density at radius 2 is 1.74 bits per heavy atom. The third-order valence-electron chi connectivity index (χ3n) is 5.55. The van der Waals surface area contributed by atoms with E-state index in [1.165, 1.54) is 33.5 Å². The number of nitrogens with one attached hydrogen (secondary N) is 2. The van der Waals surface area contributed by atoms with E-state index in [9.17, 15) is 19.2 Å². The van der Waals surface area contributed by atoms with Crippen LogP contribution in [0.3, 0.4) is 0 Å². The number of carbonyl (C=O) groups excluding carboxylic acids is 4. The lowest BCUT2D eigenvalue weighted by atomic mass is 10.1. The standard InChI is InChI=1S/C27H25N3O9/c1-35-18-7-5-17(6-8-18)28-24(31)14-30-25(32)20(29-27(30)34)12-16-4-10-21(23(13-16)36-2)38-15-19-9-11-22(39-19)26(33)37-3/h4-13H,14-15H2,1-3H3,(H,28,31)(H,29,34). The van der Waals surface area contributed by atoms with Gasteiger partial charge in [-0.2, -0.15) is 0 Å². The summed E-state index contributed by atoms with van der Waals surface area (Å²) in [6.45, 7) is -0.440. The zero-order chi connectivity index (χ0) is 27.9. The molecule has 0 unspecified atom stereocenters. The van der Waals surface area contributed by atoms with Crippen LogP contribution in [-0.4, -0.2) is 56.6 Å². The van der Waals surface area contributed by atoms with E-state index in [1.807, 2.05) is 0 Å². The quantitative estimate of drug-likeness (QED) is 0.227. The number of urea groups is 1. The Hall–Kier alpha value is -5.26. The molecule has 12 heteroatoms. The van der Waals surface area contributed by atoms with Gasteiger partial charge in [0.1, 0.15) is 30.4 Å². The van der Waals surface area contributed by atoms with Gasteiger partial charge in [0.2, 0.25) is 11.7 Å². The molecule has 2 aromatic carbocycles. The predicted octanol–water partition coefficient (Wildman–Crippen LogP) is 3.19. The summed E-state index contributed by atoms with van der Waals surface area (Å²) in [6, 6.07) is 13.9. The molecule has 2 heterocycles. The highest BCUT2D eigenvalue weighted by molar-refractivity contribution is 6.16. The minimum Gasteiger partial charge on any atom is -0.497 e. The first kappa shape index (κ1) is 26.8. The highest BCUT2D eigenvalue weighted by atomic mass is 16.5. The first-order valence-electron chi connectivity index (χ1n) is 11.6. The van der Waals surface area contributed by atoms with E-state index in [2.05, 4.69) is 15.4 Å². The summed E-state index contributed by atoms with van der Waals surface area (Å²) in [6.07, 6.45) is 1.46. The fourth-order valence-electron chi connectivity index (χ4n) is 3.61. The molecule has 0 bridgehead atoms. The van der Waals surface area contributed by atoms with Gasteiger partial charge in [0.15, 0.2) is 11.5 Å². The van der Waals surface area contributed by atoms with Crippen LogP contribution in [0.1, 0.15) is 21.9 Å². The molecule has 0 atom stereocenters. The molecule has 1 fully saturated rings. The van der Waals surface area contributed by atoms with Crippen molar-refractivity contribution in [1.82, 2.24) is 10.2 Å². The lowest BCUT2D eigenvalue weighted by Gasteiger charge is -2.12. The summed E-state index contributed by atoms with van der Waals surface area (Å²) in [5.41, 5.74) is 1.03. The van der Waals surface area contributed by atoms with Crippen LogP contribution in [0.2, 0.25) is 0 Å². The number of amides is 4. The van der Waals surface area contributed by atoms with Crippen LogP contribution in [0.15, 0.2) is 64.7 Å². The van der Waals surface area contributed by atoms with E-state index in [1.54, 1.807) is 48.5 Å². The largest absolute Gasteiger partial charge is 0.497 e. The Kier molecular flexibility index (Phi) is 8.15. The first-order valence-corrected chi connectivity index (χ1v) is 11.6. The number of rotatable bonds is 10. The van der Waals surface area contributed by atoms with Gasteiger partial charge < -0.3 is 34.0 Å². The SMILES string of the molecule is COC(=O)c1ccc(COc2ccc(C=C3NC(=O)N(CC(=O)Nc4ccc(OC)cc4)C3=O)cc2OC)o1. The molecule has 3 aromatic rings. The van der Waals surface area contributed by atoms with Crippen molar-refractivity contribution in [3.8, 4) is 17.2 Å². The van der Waals surface area contributed by atoms with Crippen molar-refractivity contribution in [3.63, 3.8) is 0 Å². The molecule has 0 spiro atoms. The molecular weight excluding hydrogens is 510 g/mol. The summed E-state index contributed by atoms with van der Waals surface area (Å²) in [5.74, 6) is 0.0401. The summed E-state index contributed by atoms with van der Waals surface area (Å²) in [5, 5.41) is 5.11. The van der Waals surface area contributed by atoms with Crippen molar-refractivity contribution < 1.29 is 42.5 Å². The average Bonchev–Trinajstić information content (AvgIpc) is 3.52. The fourth-order valence-corrected chi connectivity index (χ4v) is 3.61. The van der Waals surface area contributed by atoms with E-state index in [0.717, 1.165) is 4.90 Å². The van der Waals surface area contributed by atoms with Gasteiger partial charge in [-0.1, -0.05) is 6.07 Å². The third-order valence-corrected chi connectivity index (χ3v) is 5.55. The smallest absolute Gasteiger partial charge is 0.373 e. The Morgan fingerprint density at radius 3 is 2.44 bits per heavy atom. The zero-order valence-corrected chi connectivity index (χ0v) is 21.3. The number of ether oxygens (including phenoxy) is 4. The normalized spacial score (nSPS) is 13.7. The molecule has 0 saturated carbocycles. The summed E-state index contributed by atoms with van der Waals surface area (Å²) < 4.78 is 26.2. The van der Waals surface area contributed by atoms with Crippen LogP contribution in [0.4, 0.5) is 10.5 Å². The Morgan fingerprint density at radius 1 is 0.974 bits per heavy atom. The number of hydrogen-bond donors (Lipinski definition) is 2. The fraction of sp³-hybridized carbons (Fsp3) is 0.185. The highest BCUT2D eigenvalue weighted by Crippen LogP contribution is 2.30. The van der Waals surface area contributed by atoms with Crippen LogP contribution in [0.25, 0.3) is 6.08 Å². The average molecular weight is 536 g/mol. The van der Waals surface area contributed by atoms with Crippen LogP contribution in [0, 0.1) is 0 Å². The van der Waals surface area contributed by atoms with Gasteiger partial charge in [-0.25, -0.2) is 14.5 Å². The minimum absolute atomic E-state index is 0.00102. The number of nitrogens with zero attached hydrogens (tertiary/aromatic N) is 1. The second-order valence-electron chi connectivity index (χ2n) is 8.11. The van der Waals surface area contributed by atoms with Gasteiger partial charge in [0, 0.05) is 5.69 Å². The molecule has 0 radical (unpaired) electrons. The first-order chi connectivity index (χ1) is 18.8. The summed E-state index contributed by atoms with van der Waals surface area (Å²) in [7, 11) is 4.24. The maximum atomic E-state index is 12.8. The van der Waals surface area contributed by atoms with Crippen molar-refractivity contribution in [2.24, 2.45) is 0 Å². The second-order valence-corrected chi connectivity index (χ2v) is 8.11. The number of benzene rings is 2. The van der Waals surface area contributed by atoms with E-state index >= 15 is 0 Å². The molecule has 1 aromatic heterocycles. The van der Waals surface area contributed by atoms with E-state index in [-0.39, 0.29) is 18.1 Å². The van der Waals surface area contributed by atoms with E-state index < -0.39 is 30.4 Å². The number of methoxy groups -OCH3 is 3. The van der Waals surface area contributed by atoms with Crippen molar-refractivity contribution in [2.45, 2.75) is 6.61 Å². The Labute approximate surface area is 223 Å². The Bertz CT molecular complexity index is 1430. The molecule has 12 nitrogen and oxygen atoms in total. The van der Waals surface area contributed by atoms with Gasteiger partial charge in [-0.15, -0.1) is 0 Å². The molecule has 0 aliphatic carbocycles. The van der Waals surface area contributed by atoms with Crippen molar-refractivity contribution in [1.29, 1.82) is 0 Å². The van der Waals surface area contributed by atoms with Gasteiger partial charge in [-0.3, -0.25) is 9.59 Å². The Balaban J connectivity index is 1.39. The number of anilines is 1. The number of hydrogen-bond acceptors (Lipinski definition) is 9. The summed E-state index contributed by atoms with van der Waals surface area (Å²) >= 11 is 0. The number of imide groups is 1. The molecule has 39 heavy (non-hydrogen) atoms. The molecule has 202 valence electrons. The third kappa shape index (κ3) is 6.36. The van der Waals surface area contributed by atoms with Gasteiger partial charge in [0.05, 0.1) is 21.3 Å². The van der Waals surface area contributed by atoms with Gasteiger partial charge in [-0.05, 0) is 60.2 Å². The maximum Gasteiger partial charge on any atom is 0.373 e. The highest BCUT2D eigenvalue weighted by Gasteiger charge is 2.35. The minimum atomic E-state index is -0.715. The zero-order valence-electron chi connectivity index (χ0n) is 21.3. The van der Waals surface area contributed by atoms with Crippen molar-refractivity contribution in [2.75, 3.05) is 33.2 Å². The number of carbonyl (C=O) groups is 4. The summed E-state index contributed by atoms with van der Waals surface area (Å²) in [4.78, 5) is 50.0. The number of esters is 1. The van der Waals surface area contributed by atoms with Crippen LogP contribution >= 0.6 is 0 Å². The molecule has 4 amide bonds. The van der Waals surface area contributed by atoms with Crippen LogP contribution in [0.5, 0.6) is 17.2 Å². The van der Waals surface area contributed by atoms with Gasteiger partial charge >= 0.3 is 12.0 Å². The molecule has 1 aliphatic rings. The predicted molar refractivity (Wildman–Crippen MR) is 137 cm³/mol. The van der Waals surface area contributed by atoms with Crippen molar-refractivity contribution in [3.05, 3.63) is 77.4 Å². The lowest BCUT2D eigenvalue weighted by molar-refractivity contribution is -0.127.